The molecule has 1 heterocycles. The van der Waals surface area contributed by atoms with Crippen LogP contribution in [0.15, 0.2) is 30.5 Å². The highest BCUT2D eigenvalue weighted by Crippen LogP contribution is 2.29. The number of nitriles is 1. The highest BCUT2D eigenvalue weighted by Gasteiger charge is 2.15. The molecular weight excluding hydrogens is 224 g/mol. The maximum Gasteiger partial charge on any atom is 0.148 e. The molecule has 0 saturated carbocycles. The van der Waals surface area contributed by atoms with Gasteiger partial charge in [0.25, 0.3) is 0 Å². The molecule has 2 aromatic rings. The Morgan fingerprint density at radius 1 is 1.28 bits per heavy atom. The normalized spacial score (nSPS) is 11.2. The van der Waals surface area contributed by atoms with E-state index in [0.29, 0.717) is 17.9 Å². The first-order valence-corrected chi connectivity index (χ1v) is 5.92. The Morgan fingerprint density at radius 2 is 2.00 bits per heavy atom. The largest absolute Gasteiger partial charge is 0.491 e. The smallest absolute Gasteiger partial charge is 0.148 e. The first-order valence-electron chi connectivity index (χ1n) is 5.92. The monoisotopic (exact) mass is 240 g/mol. The van der Waals surface area contributed by atoms with Gasteiger partial charge in [-0.05, 0) is 17.5 Å². The molecule has 0 saturated heterocycles. The second-order valence-corrected chi connectivity index (χ2v) is 5.48. The van der Waals surface area contributed by atoms with E-state index in [1.54, 1.807) is 6.20 Å². The fourth-order valence-electron chi connectivity index (χ4n) is 1.64. The zero-order valence-corrected chi connectivity index (χ0v) is 10.9. The van der Waals surface area contributed by atoms with Gasteiger partial charge in [-0.25, -0.2) is 0 Å². The maximum absolute atomic E-state index is 9.14. The molecule has 1 aromatic carbocycles. The third-order valence-electron chi connectivity index (χ3n) is 2.50. The quantitative estimate of drug-likeness (QED) is 0.806. The fraction of sp³-hybridized carbons (Fsp3) is 0.333. The minimum atomic E-state index is 0.0527. The van der Waals surface area contributed by atoms with Gasteiger partial charge in [0.15, 0.2) is 0 Å². The lowest BCUT2D eigenvalue weighted by Crippen LogP contribution is -2.17. The number of nitrogens with zero attached hydrogens (tertiary/aromatic N) is 2. The van der Waals surface area contributed by atoms with Gasteiger partial charge in [0.1, 0.15) is 17.4 Å². The topological polar surface area (TPSA) is 45.9 Å². The van der Waals surface area contributed by atoms with Crippen molar-refractivity contribution >= 4 is 10.9 Å². The van der Waals surface area contributed by atoms with Crippen LogP contribution in [0.25, 0.3) is 10.9 Å². The predicted octanol–water partition coefficient (Wildman–Crippen LogP) is 3.53. The average molecular weight is 240 g/mol. The molecule has 0 spiro atoms. The van der Waals surface area contributed by atoms with Gasteiger partial charge < -0.3 is 4.74 Å². The maximum atomic E-state index is 9.14. The van der Waals surface area contributed by atoms with E-state index in [9.17, 15) is 0 Å². The van der Waals surface area contributed by atoms with E-state index in [-0.39, 0.29) is 5.41 Å². The van der Waals surface area contributed by atoms with E-state index >= 15 is 0 Å². The number of hydrogen-bond donors (Lipinski definition) is 0. The lowest BCUT2D eigenvalue weighted by molar-refractivity contribution is 0.199. The number of para-hydroxylation sites is 1. The molecule has 0 N–H and O–H groups in total. The van der Waals surface area contributed by atoms with Crippen molar-refractivity contribution in [1.82, 2.24) is 4.98 Å². The Hall–Kier alpha value is -2.08. The van der Waals surface area contributed by atoms with Crippen molar-refractivity contribution in [2.45, 2.75) is 20.8 Å². The van der Waals surface area contributed by atoms with Gasteiger partial charge in [0.05, 0.1) is 12.1 Å². The van der Waals surface area contributed by atoms with Crippen molar-refractivity contribution in [3.8, 4) is 11.8 Å². The Kier molecular flexibility index (Phi) is 3.20. The van der Waals surface area contributed by atoms with Gasteiger partial charge in [-0.15, -0.1) is 0 Å². The van der Waals surface area contributed by atoms with Crippen LogP contribution in [0.1, 0.15) is 26.3 Å². The third-order valence-corrected chi connectivity index (χ3v) is 2.50. The van der Waals surface area contributed by atoms with Crippen LogP contribution in [0.5, 0.6) is 5.75 Å². The lowest BCUT2D eigenvalue weighted by atomic mass is 9.98. The van der Waals surface area contributed by atoms with Gasteiger partial charge >= 0.3 is 0 Å². The van der Waals surface area contributed by atoms with Crippen LogP contribution in [0, 0.1) is 16.7 Å². The first kappa shape index (κ1) is 12.4. The summed E-state index contributed by atoms with van der Waals surface area (Å²) in [7, 11) is 0. The van der Waals surface area contributed by atoms with Crippen LogP contribution in [-0.2, 0) is 0 Å². The Morgan fingerprint density at radius 3 is 2.67 bits per heavy atom. The van der Waals surface area contributed by atoms with Crippen LogP contribution in [0.2, 0.25) is 0 Å². The number of benzene rings is 1. The van der Waals surface area contributed by atoms with Crippen molar-refractivity contribution in [2.75, 3.05) is 6.61 Å². The predicted molar refractivity (Wildman–Crippen MR) is 71.4 cm³/mol. The molecule has 92 valence electrons. The molecule has 0 bridgehead atoms. The Labute approximate surface area is 107 Å². The summed E-state index contributed by atoms with van der Waals surface area (Å²) >= 11 is 0. The summed E-state index contributed by atoms with van der Waals surface area (Å²) in [5, 5.41) is 10.0. The van der Waals surface area contributed by atoms with Crippen LogP contribution in [0.3, 0.4) is 0 Å². The number of aromatic nitrogens is 1. The second-order valence-electron chi connectivity index (χ2n) is 5.48. The number of pyridine rings is 1. The van der Waals surface area contributed by atoms with E-state index < -0.39 is 0 Å². The molecule has 0 atom stereocenters. The standard InChI is InChI=1S/C15H16N2O/c1-15(2,3)10-18-14-11(8-16)9-17-13-7-5-4-6-12(13)14/h4-7,9H,10H2,1-3H3. The van der Waals surface area contributed by atoms with Crippen molar-refractivity contribution < 1.29 is 4.74 Å². The third kappa shape index (κ3) is 2.60. The van der Waals surface area contributed by atoms with Gasteiger partial charge in [0, 0.05) is 11.6 Å². The average Bonchev–Trinajstić information content (AvgIpc) is 2.34. The summed E-state index contributed by atoms with van der Waals surface area (Å²) in [6.07, 6.45) is 1.57. The fourth-order valence-corrected chi connectivity index (χ4v) is 1.64. The SMILES string of the molecule is CC(C)(C)COc1c(C#N)cnc2ccccc12. The van der Waals surface area contributed by atoms with Crippen molar-refractivity contribution in [3.63, 3.8) is 0 Å². The molecule has 0 radical (unpaired) electrons. The van der Waals surface area contributed by atoms with Crippen LogP contribution in [0.4, 0.5) is 0 Å². The molecule has 3 heteroatoms. The number of ether oxygens (including phenoxy) is 1. The number of rotatable bonds is 2. The van der Waals surface area contributed by atoms with Crippen LogP contribution < -0.4 is 4.74 Å². The second kappa shape index (κ2) is 4.66. The molecule has 0 aliphatic carbocycles. The van der Waals surface area contributed by atoms with Gasteiger partial charge in [0.2, 0.25) is 0 Å². The van der Waals surface area contributed by atoms with Crippen molar-refractivity contribution in [3.05, 3.63) is 36.0 Å². The highest BCUT2D eigenvalue weighted by atomic mass is 16.5. The molecule has 0 aliphatic heterocycles. The summed E-state index contributed by atoms with van der Waals surface area (Å²) in [5.41, 5.74) is 1.38. The van der Waals surface area contributed by atoms with Gasteiger partial charge in [-0.3, -0.25) is 4.98 Å². The van der Waals surface area contributed by atoms with E-state index in [1.165, 1.54) is 0 Å². The molecule has 3 nitrogen and oxygen atoms in total. The molecule has 2 rings (SSSR count). The summed E-state index contributed by atoms with van der Waals surface area (Å²) < 4.78 is 5.84. The minimum Gasteiger partial charge on any atom is -0.491 e. The number of fused-ring (bicyclic) bond motifs is 1. The Bertz CT molecular complexity index is 606. The number of hydrogen-bond acceptors (Lipinski definition) is 3. The summed E-state index contributed by atoms with van der Waals surface area (Å²) in [6, 6.07) is 9.84. The zero-order valence-electron chi connectivity index (χ0n) is 10.9. The summed E-state index contributed by atoms with van der Waals surface area (Å²) in [6.45, 7) is 6.86. The molecule has 0 unspecified atom stereocenters. The zero-order chi connectivity index (χ0) is 13.2. The summed E-state index contributed by atoms with van der Waals surface area (Å²) in [4.78, 5) is 4.25. The first-order chi connectivity index (χ1) is 8.51. The molecular formula is C15H16N2O. The van der Waals surface area contributed by atoms with E-state index in [4.69, 9.17) is 10.00 Å². The minimum absolute atomic E-state index is 0.0527. The van der Waals surface area contributed by atoms with Gasteiger partial charge in [-0.2, -0.15) is 5.26 Å². The lowest BCUT2D eigenvalue weighted by Gasteiger charge is -2.20. The highest BCUT2D eigenvalue weighted by molar-refractivity contribution is 5.87. The van der Waals surface area contributed by atoms with E-state index in [0.717, 1.165) is 10.9 Å². The van der Waals surface area contributed by atoms with Gasteiger partial charge in [-0.1, -0.05) is 32.9 Å². The van der Waals surface area contributed by atoms with Crippen LogP contribution >= 0.6 is 0 Å². The molecule has 0 amide bonds. The van der Waals surface area contributed by atoms with E-state index in [2.05, 4.69) is 31.8 Å². The van der Waals surface area contributed by atoms with E-state index in [1.807, 2.05) is 24.3 Å². The molecule has 0 fully saturated rings. The summed E-state index contributed by atoms with van der Waals surface area (Å²) in [5.74, 6) is 0.637. The van der Waals surface area contributed by atoms with Crippen LogP contribution in [-0.4, -0.2) is 11.6 Å². The Balaban J connectivity index is 2.49. The molecule has 18 heavy (non-hydrogen) atoms. The van der Waals surface area contributed by atoms with Crippen molar-refractivity contribution in [1.29, 1.82) is 5.26 Å². The molecule has 0 aliphatic rings. The molecule has 1 aromatic heterocycles. The van der Waals surface area contributed by atoms with Crippen molar-refractivity contribution in [2.24, 2.45) is 5.41 Å².